The fourth-order valence-corrected chi connectivity index (χ4v) is 3.72. The molecule has 1 aromatic rings. The standard InChI is InChI=1S/C14H15NO4/c16-13-10-7-4-8-14(13,17)12(15(18)19)11(10)9-5-2-1-3-6-9/h1-3,5-6,10-12,17H,4,7-8H2/t10-,11-,12-,14-/m0/s1. The summed E-state index contributed by atoms with van der Waals surface area (Å²) in [6, 6.07) is 7.85. The molecular formula is C14H15NO4. The summed E-state index contributed by atoms with van der Waals surface area (Å²) in [5.41, 5.74) is -0.993. The lowest BCUT2D eigenvalue weighted by molar-refractivity contribution is -0.542. The number of carbonyl (C=O) groups is 1. The minimum atomic E-state index is -1.77. The first kappa shape index (κ1) is 12.3. The number of hydrogen-bond acceptors (Lipinski definition) is 4. The zero-order valence-electron chi connectivity index (χ0n) is 10.4. The Kier molecular flexibility index (Phi) is 2.67. The first-order valence-corrected chi connectivity index (χ1v) is 6.51. The van der Waals surface area contributed by atoms with E-state index in [4.69, 9.17) is 0 Å². The van der Waals surface area contributed by atoms with Crippen molar-refractivity contribution in [2.45, 2.75) is 36.8 Å². The van der Waals surface area contributed by atoms with Crippen molar-refractivity contribution in [3.63, 3.8) is 0 Å². The van der Waals surface area contributed by atoms with Crippen molar-refractivity contribution in [2.75, 3.05) is 0 Å². The van der Waals surface area contributed by atoms with Gasteiger partial charge in [0.25, 0.3) is 6.04 Å². The molecule has 2 saturated carbocycles. The summed E-state index contributed by atoms with van der Waals surface area (Å²) in [4.78, 5) is 23.2. The van der Waals surface area contributed by atoms with Crippen molar-refractivity contribution in [2.24, 2.45) is 5.92 Å². The summed E-state index contributed by atoms with van der Waals surface area (Å²) in [6.07, 6.45) is 1.50. The van der Waals surface area contributed by atoms with Crippen LogP contribution in [0, 0.1) is 16.0 Å². The topological polar surface area (TPSA) is 80.4 Å². The fourth-order valence-electron chi connectivity index (χ4n) is 3.72. The maximum absolute atomic E-state index is 12.3. The van der Waals surface area contributed by atoms with Crippen LogP contribution in [0.1, 0.15) is 30.7 Å². The molecule has 0 amide bonds. The van der Waals surface area contributed by atoms with Crippen LogP contribution in [0.4, 0.5) is 0 Å². The molecule has 0 radical (unpaired) electrons. The van der Waals surface area contributed by atoms with Gasteiger partial charge in [0.2, 0.25) is 0 Å². The highest BCUT2D eigenvalue weighted by Gasteiger charge is 2.67. The lowest BCUT2D eigenvalue weighted by Gasteiger charge is -2.25. The maximum atomic E-state index is 12.3. The van der Waals surface area contributed by atoms with Gasteiger partial charge in [0.05, 0.1) is 5.92 Å². The van der Waals surface area contributed by atoms with Gasteiger partial charge in [-0.1, -0.05) is 30.3 Å². The van der Waals surface area contributed by atoms with Gasteiger partial charge >= 0.3 is 0 Å². The van der Waals surface area contributed by atoms with Crippen molar-refractivity contribution >= 4 is 5.78 Å². The smallest absolute Gasteiger partial charge is 0.255 e. The molecule has 2 aliphatic carbocycles. The Morgan fingerprint density at radius 1 is 1.32 bits per heavy atom. The van der Waals surface area contributed by atoms with Crippen LogP contribution >= 0.6 is 0 Å². The first-order valence-electron chi connectivity index (χ1n) is 6.51. The number of hydrogen-bond donors (Lipinski definition) is 1. The second-order valence-corrected chi connectivity index (χ2v) is 5.45. The largest absolute Gasteiger partial charge is 0.376 e. The van der Waals surface area contributed by atoms with Crippen LogP contribution in [0.3, 0.4) is 0 Å². The summed E-state index contributed by atoms with van der Waals surface area (Å²) in [5, 5.41) is 21.8. The van der Waals surface area contributed by atoms with Crippen LogP contribution in [-0.4, -0.2) is 27.5 Å². The molecule has 0 saturated heterocycles. The van der Waals surface area contributed by atoms with Crippen LogP contribution in [0.15, 0.2) is 30.3 Å². The average molecular weight is 261 g/mol. The number of fused-ring (bicyclic) bond motifs is 2. The number of rotatable bonds is 2. The van der Waals surface area contributed by atoms with E-state index < -0.39 is 28.4 Å². The van der Waals surface area contributed by atoms with E-state index in [1.54, 1.807) is 12.1 Å². The maximum Gasteiger partial charge on any atom is 0.255 e. The van der Waals surface area contributed by atoms with E-state index in [2.05, 4.69) is 0 Å². The van der Waals surface area contributed by atoms with Gasteiger partial charge in [0.15, 0.2) is 11.4 Å². The predicted molar refractivity (Wildman–Crippen MR) is 67.3 cm³/mol. The van der Waals surface area contributed by atoms with Crippen molar-refractivity contribution in [3.8, 4) is 0 Å². The van der Waals surface area contributed by atoms with Crippen molar-refractivity contribution < 1.29 is 14.8 Å². The Labute approximate surface area is 110 Å². The van der Waals surface area contributed by atoms with Gasteiger partial charge in [0.1, 0.15) is 0 Å². The molecular weight excluding hydrogens is 246 g/mol. The Bertz CT molecular complexity index is 530. The fraction of sp³-hybridized carbons (Fsp3) is 0.500. The highest BCUT2D eigenvalue weighted by Crippen LogP contribution is 2.51. The monoisotopic (exact) mass is 261 g/mol. The van der Waals surface area contributed by atoms with Gasteiger partial charge in [0, 0.05) is 10.8 Å². The third-order valence-electron chi connectivity index (χ3n) is 4.51. The van der Waals surface area contributed by atoms with Gasteiger partial charge in [-0.05, 0) is 24.8 Å². The zero-order chi connectivity index (χ0) is 13.6. The van der Waals surface area contributed by atoms with E-state index >= 15 is 0 Å². The van der Waals surface area contributed by atoms with E-state index in [1.807, 2.05) is 18.2 Å². The Balaban J connectivity index is 2.12. The molecule has 2 fully saturated rings. The molecule has 0 aliphatic heterocycles. The third kappa shape index (κ3) is 1.61. The minimum absolute atomic E-state index is 0.206. The van der Waals surface area contributed by atoms with Gasteiger partial charge in [-0.3, -0.25) is 14.9 Å². The molecule has 100 valence electrons. The number of ketones is 1. The number of nitro groups is 1. The lowest BCUT2D eigenvalue weighted by atomic mass is 9.82. The highest BCUT2D eigenvalue weighted by molar-refractivity contribution is 5.94. The molecule has 0 heterocycles. The molecule has 3 rings (SSSR count). The number of carbonyl (C=O) groups excluding carboxylic acids is 1. The molecule has 5 heteroatoms. The number of aliphatic hydroxyl groups is 1. The molecule has 2 bridgehead atoms. The van der Waals surface area contributed by atoms with E-state index in [9.17, 15) is 20.0 Å². The predicted octanol–water partition coefficient (Wildman–Crippen LogP) is 1.53. The van der Waals surface area contributed by atoms with E-state index in [0.29, 0.717) is 12.8 Å². The number of Topliss-reactive ketones (excluding diaryl/α,β-unsaturated/α-hetero) is 1. The van der Waals surface area contributed by atoms with E-state index in [1.165, 1.54) is 0 Å². The third-order valence-corrected chi connectivity index (χ3v) is 4.51. The number of benzene rings is 1. The molecule has 1 N–H and O–H groups in total. The molecule has 19 heavy (non-hydrogen) atoms. The summed E-state index contributed by atoms with van der Waals surface area (Å²) in [5.74, 6) is -1.26. The van der Waals surface area contributed by atoms with E-state index in [0.717, 1.165) is 5.56 Å². The Morgan fingerprint density at radius 2 is 2.00 bits per heavy atom. The molecule has 0 unspecified atom stereocenters. The quantitative estimate of drug-likeness (QED) is 0.646. The van der Waals surface area contributed by atoms with Gasteiger partial charge in [-0.25, -0.2) is 0 Å². The molecule has 1 aromatic carbocycles. The summed E-state index contributed by atoms with van der Waals surface area (Å²) in [6.45, 7) is 0. The van der Waals surface area contributed by atoms with Crippen molar-refractivity contribution in [3.05, 3.63) is 46.0 Å². The summed E-state index contributed by atoms with van der Waals surface area (Å²) >= 11 is 0. The first-order chi connectivity index (χ1) is 9.05. The van der Waals surface area contributed by atoms with Crippen LogP contribution in [0.25, 0.3) is 0 Å². The van der Waals surface area contributed by atoms with Crippen LogP contribution in [-0.2, 0) is 4.79 Å². The highest BCUT2D eigenvalue weighted by atomic mass is 16.6. The summed E-state index contributed by atoms with van der Waals surface area (Å²) in [7, 11) is 0. The van der Waals surface area contributed by atoms with E-state index in [-0.39, 0.29) is 12.2 Å². The second-order valence-electron chi connectivity index (χ2n) is 5.45. The molecule has 5 nitrogen and oxygen atoms in total. The van der Waals surface area contributed by atoms with Gasteiger partial charge in [-0.2, -0.15) is 0 Å². The van der Waals surface area contributed by atoms with Crippen LogP contribution in [0.5, 0.6) is 0 Å². The summed E-state index contributed by atoms with van der Waals surface area (Å²) < 4.78 is 0. The van der Waals surface area contributed by atoms with Gasteiger partial charge in [-0.15, -0.1) is 0 Å². The Hall–Kier alpha value is -1.75. The molecule has 0 spiro atoms. The lowest BCUT2D eigenvalue weighted by Crippen LogP contribution is -2.49. The molecule has 0 aromatic heterocycles. The Morgan fingerprint density at radius 3 is 2.63 bits per heavy atom. The second kappa shape index (κ2) is 4.13. The minimum Gasteiger partial charge on any atom is -0.376 e. The van der Waals surface area contributed by atoms with Crippen LogP contribution in [0.2, 0.25) is 0 Å². The van der Waals surface area contributed by atoms with Crippen LogP contribution < -0.4 is 0 Å². The zero-order valence-corrected chi connectivity index (χ0v) is 10.4. The SMILES string of the molecule is O=C1[C@H]2CCC[C@]1(O)[C@@H]([N+](=O)[O-])[C@H]2c1ccccc1. The van der Waals surface area contributed by atoms with Gasteiger partial charge < -0.3 is 5.11 Å². The molecule has 2 aliphatic rings. The average Bonchev–Trinajstić information content (AvgIpc) is 2.53. The normalized spacial score (nSPS) is 37.3. The molecule has 4 atom stereocenters. The number of nitrogens with zero attached hydrogens (tertiary/aromatic N) is 1. The van der Waals surface area contributed by atoms with Crippen molar-refractivity contribution in [1.82, 2.24) is 0 Å². The van der Waals surface area contributed by atoms with Crippen molar-refractivity contribution in [1.29, 1.82) is 0 Å².